The van der Waals surface area contributed by atoms with Gasteiger partial charge in [0, 0.05) is 11.8 Å². The van der Waals surface area contributed by atoms with E-state index in [1.54, 1.807) is 20.8 Å². The Labute approximate surface area is 129 Å². The summed E-state index contributed by atoms with van der Waals surface area (Å²) in [6.07, 6.45) is -0.622. The van der Waals surface area contributed by atoms with Crippen molar-refractivity contribution in [3.05, 3.63) is 34.9 Å². The highest BCUT2D eigenvalue weighted by Gasteiger charge is 2.16. The highest BCUT2D eigenvalue weighted by atomic mass is 35.5. The lowest BCUT2D eigenvalue weighted by atomic mass is 10.1. The zero-order valence-electron chi connectivity index (χ0n) is 11.8. The lowest BCUT2D eigenvalue weighted by Crippen LogP contribution is -2.32. The van der Waals surface area contributed by atoms with Gasteiger partial charge in [-0.1, -0.05) is 18.2 Å². The maximum atomic E-state index is 11.4. The molecule has 6 heteroatoms. The van der Waals surface area contributed by atoms with E-state index >= 15 is 0 Å². The molecule has 1 N–H and O–H groups in total. The third-order valence-corrected chi connectivity index (χ3v) is 2.83. The monoisotopic (exact) mass is 319 g/mol. The maximum Gasteiger partial charge on any atom is 0.431 e. The Morgan fingerprint density at radius 2 is 1.60 bits per heavy atom. The molecule has 0 fully saturated rings. The predicted octanol–water partition coefficient (Wildman–Crippen LogP) is 4.12. The van der Waals surface area contributed by atoms with Crippen LogP contribution in [0.4, 0.5) is 4.79 Å². The Kier molecular flexibility index (Phi) is 6.59. The number of hydroxylamine groups is 1. The van der Waals surface area contributed by atoms with Crippen molar-refractivity contribution < 1.29 is 14.4 Å². The van der Waals surface area contributed by atoms with Crippen molar-refractivity contribution in [1.82, 2.24) is 5.48 Å². The van der Waals surface area contributed by atoms with Crippen LogP contribution in [0.25, 0.3) is 0 Å². The topological polar surface area (TPSA) is 47.6 Å². The van der Waals surface area contributed by atoms with E-state index in [9.17, 15) is 4.79 Å². The summed E-state index contributed by atoms with van der Waals surface area (Å²) < 4.78 is 5.05. The Balaban J connectivity index is 2.51. The van der Waals surface area contributed by atoms with Crippen LogP contribution >= 0.6 is 23.2 Å². The van der Waals surface area contributed by atoms with Gasteiger partial charge in [0.25, 0.3) is 0 Å². The third kappa shape index (κ3) is 6.46. The molecule has 112 valence electrons. The lowest BCUT2D eigenvalue weighted by Gasteiger charge is -2.19. The number of hydrogen-bond donors (Lipinski definition) is 1. The molecule has 0 atom stereocenters. The Hall–Kier alpha value is -0.970. The van der Waals surface area contributed by atoms with Crippen LogP contribution in [-0.4, -0.2) is 11.7 Å². The number of hydrogen-bond acceptors (Lipinski definition) is 3. The molecule has 0 heterocycles. The first-order valence-corrected chi connectivity index (χ1v) is 7.25. The standard InChI is InChI=1S/C14H19Cl2NO3/c1-14(2,3)20-13(18)17-19-9-12-5-10(7-15)4-11(6-12)8-16/h4-6H,7-9H2,1-3H3,(H,17,18). The molecule has 4 nitrogen and oxygen atoms in total. The maximum absolute atomic E-state index is 11.4. The summed E-state index contributed by atoms with van der Waals surface area (Å²) in [6.45, 7) is 5.56. The molecule has 1 aromatic carbocycles. The zero-order valence-corrected chi connectivity index (χ0v) is 13.3. The molecule has 1 aromatic rings. The Morgan fingerprint density at radius 1 is 1.10 bits per heavy atom. The summed E-state index contributed by atoms with van der Waals surface area (Å²) in [7, 11) is 0. The molecule has 1 rings (SSSR count). The molecule has 0 bridgehead atoms. The van der Waals surface area contributed by atoms with Gasteiger partial charge in [0.2, 0.25) is 0 Å². The van der Waals surface area contributed by atoms with Crippen LogP contribution in [0.5, 0.6) is 0 Å². The number of carbonyl (C=O) groups is 1. The zero-order chi connectivity index (χ0) is 15.2. The quantitative estimate of drug-likeness (QED) is 0.656. The molecule has 0 aliphatic heterocycles. The van der Waals surface area contributed by atoms with Gasteiger partial charge in [0.05, 0.1) is 6.61 Å². The minimum Gasteiger partial charge on any atom is -0.442 e. The summed E-state index contributed by atoms with van der Waals surface area (Å²) >= 11 is 11.6. The van der Waals surface area contributed by atoms with Gasteiger partial charge in [-0.05, 0) is 37.5 Å². The molecule has 0 saturated carbocycles. The smallest absolute Gasteiger partial charge is 0.431 e. The number of nitrogens with one attached hydrogen (secondary N) is 1. The van der Waals surface area contributed by atoms with Crippen molar-refractivity contribution in [2.75, 3.05) is 0 Å². The van der Waals surface area contributed by atoms with Gasteiger partial charge in [-0.15, -0.1) is 23.2 Å². The number of alkyl halides is 2. The van der Waals surface area contributed by atoms with Gasteiger partial charge in [0.15, 0.2) is 0 Å². The average Bonchev–Trinajstić information content (AvgIpc) is 2.36. The van der Waals surface area contributed by atoms with E-state index in [-0.39, 0.29) is 6.61 Å². The van der Waals surface area contributed by atoms with Gasteiger partial charge >= 0.3 is 6.09 Å². The molecule has 0 spiro atoms. The molecule has 1 amide bonds. The number of amides is 1. The molecular weight excluding hydrogens is 301 g/mol. The summed E-state index contributed by atoms with van der Waals surface area (Å²) in [4.78, 5) is 16.5. The number of ether oxygens (including phenoxy) is 1. The second kappa shape index (κ2) is 7.72. The van der Waals surface area contributed by atoms with Crippen molar-refractivity contribution in [2.45, 2.75) is 44.7 Å². The van der Waals surface area contributed by atoms with E-state index in [0.29, 0.717) is 11.8 Å². The highest BCUT2D eigenvalue weighted by molar-refractivity contribution is 6.17. The minimum absolute atomic E-state index is 0.216. The largest absolute Gasteiger partial charge is 0.442 e. The number of benzene rings is 1. The molecule has 0 aromatic heterocycles. The highest BCUT2D eigenvalue weighted by Crippen LogP contribution is 2.15. The Morgan fingerprint density at radius 3 is 2.05 bits per heavy atom. The van der Waals surface area contributed by atoms with E-state index in [1.807, 2.05) is 18.2 Å². The second-order valence-electron chi connectivity index (χ2n) is 5.32. The first-order chi connectivity index (χ1) is 9.34. The van der Waals surface area contributed by atoms with Crippen LogP contribution in [0.1, 0.15) is 37.5 Å². The molecular formula is C14H19Cl2NO3. The summed E-state index contributed by atoms with van der Waals surface area (Å²) in [5.41, 5.74) is 4.48. The van der Waals surface area contributed by atoms with Crippen molar-refractivity contribution >= 4 is 29.3 Å². The summed E-state index contributed by atoms with van der Waals surface area (Å²) in [5, 5.41) is 0. The van der Waals surface area contributed by atoms with E-state index in [4.69, 9.17) is 32.8 Å². The van der Waals surface area contributed by atoms with Crippen LogP contribution in [-0.2, 0) is 27.9 Å². The summed E-state index contributed by atoms with van der Waals surface area (Å²) in [6, 6.07) is 5.74. The molecule has 0 unspecified atom stereocenters. The summed E-state index contributed by atoms with van der Waals surface area (Å²) in [5.74, 6) is 0.800. The molecule has 0 radical (unpaired) electrons. The van der Waals surface area contributed by atoms with E-state index in [0.717, 1.165) is 16.7 Å². The fourth-order valence-corrected chi connectivity index (χ4v) is 1.86. The number of carbonyl (C=O) groups excluding carboxylic acids is 1. The van der Waals surface area contributed by atoms with E-state index in [2.05, 4.69) is 5.48 Å². The van der Waals surface area contributed by atoms with Gasteiger partial charge < -0.3 is 4.74 Å². The lowest BCUT2D eigenvalue weighted by molar-refractivity contribution is -0.0137. The Bertz CT molecular complexity index is 436. The van der Waals surface area contributed by atoms with Crippen LogP contribution in [0.15, 0.2) is 18.2 Å². The average molecular weight is 320 g/mol. The van der Waals surface area contributed by atoms with Crippen LogP contribution < -0.4 is 5.48 Å². The third-order valence-electron chi connectivity index (χ3n) is 2.21. The molecule has 20 heavy (non-hydrogen) atoms. The van der Waals surface area contributed by atoms with Crippen molar-refractivity contribution in [2.24, 2.45) is 0 Å². The minimum atomic E-state index is -0.622. The molecule has 0 aliphatic carbocycles. The van der Waals surface area contributed by atoms with Crippen molar-refractivity contribution in [3.8, 4) is 0 Å². The van der Waals surface area contributed by atoms with E-state index < -0.39 is 11.7 Å². The van der Waals surface area contributed by atoms with Gasteiger partial charge in [-0.25, -0.2) is 4.79 Å². The van der Waals surface area contributed by atoms with Crippen LogP contribution in [0.3, 0.4) is 0 Å². The van der Waals surface area contributed by atoms with E-state index in [1.165, 1.54) is 0 Å². The first kappa shape index (κ1) is 17.1. The number of rotatable bonds is 5. The second-order valence-corrected chi connectivity index (χ2v) is 5.85. The van der Waals surface area contributed by atoms with Crippen LogP contribution in [0.2, 0.25) is 0 Å². The fraction of sp³-hybridized carbons (Fsp3) is 0.500. The fourth-order valence-electron chi connectivity index (χ4n) is 1.55. The molecule has 0 aliphatic rings. The SMILES string of the molecule is CC(C)(C)OC(=O)NOCc1cc(CCl)cc(CCl)c1. The predicted molar refractivity (Wildman–Crippen MR) is 79.7 cm³/mol. The van der Waals surface area contributed by atoms with Crippen molar-refractivity contribution in [3.63, 3.8) is 0 Å². The van der Waals surface area contributed by atoms with Crippen LogP contribution in [0, 0.1) is 0 Å². The van der Waals surface area contributed by atoms with Crippen molar-refractivity contribution in [1.29, 1.82) is 0 Å². The number of halogens is 2. The van der Waals surface area contributed by atoms with Gasteiger partial charge in [0.1, 0.15) is 5.60 Å². The normalized spacial score (nSPS) is 11.2. The molecule has 0 saturated heterocycles. The van der Waals surface area contributed by atoms with Gasteiger partial charge in [-0.3, -0.25) is 4.84 Å². The van der Waals surface area contributed by atoms with Gasteiger partial charge in [-0.2, -0.15) is 5.48 Å². The first-order valence-electron chi connectivity index (χ1n) is 6.18.